The third-order valence-corrected chi connectivity index (χ3v) is 4.83. The van der Waals surface area contributed by atoms with Crippen LogP contribution in [-0.4, -0.2) is 26.9 Å². The van der Waals surface area contributed by atoms with Crippen molar-refractivity contribution in [2.24, 2.45) is 5.92 Å². The van der Waals surface area contributed by atoms with E-state index in [1.807, 2.05) is 0 Å². The van der Waals surface area contributed by atoms with Crippen LogP contribution in [-0.2, 0) is 0 Å². The quantitative estimate of drug-likeness (QED) is 0.878. The molecule has 2 aliphatic carbocycles. The summed E-state index contributed by atoms with van der Waals surface area (Å²) in [6.07, 6.45) is 7.44. The van der Waals surface area contributed by atoms with Crippen LogP contribution < -0.4 is 10.1 Å². The first-order valence-electron chi connectivity index (χ1n) is 7.58. The molecular formula is C15H18BrN5O. The predicted octanol–water partition coefficient (Wildman–Crippen LogP) is 3.65. The van der Waals surface area contributed by atoms with Gasteiger partial charge in [0.15, 0.2) is 0 Å². The van der Waals surface area contributed by atoms with Gasteiger partial charge in [0.1, 0.15) is 0 Å². The van der Waals surface area contributed by atoms with Crippen LogP contribution in [0.15, 0.2) is 16.9 Å². The van der Waals surface area contributed by atoms with Gasteiger partial charge in [-0.15, -0.1) is 0 Å². The van der Waals surface area contributed by atoms with E-state index in [1.54, 1.807) is 13.3 Å². The van der Waals surface area contributed by atoms with Gasteiger partial charge in [0, 0.05) is 12.1 Å². The van der Waals surface area contributed by atoms with Crippen LogP contribution >= 0.6 is 15.9 Å². The van der Waals surface area contributed by atoms with Crippen molar-refractivity contribution in [2.45, 2.75) is 38.1 Å². The molecule has 1 N–H and O–H groups in total. The lowest BCUT2D eigenvalue weighted by Gasteiger charge is -2.06. The molecule has 0 saturated heterocycles. The largest absolute Gasteiger partial charge is 0.480 e. The zero-order valence-electron chi connectivity index (χ0n) is 12.6. The lowest BCUT2D eigenvalue weighted by atomic mass is 10.2. The number of methoxy groups -OCH3 is 1. The maximum Gasteiger partial charge on any atom is 0.232 e. The number of halogens is 1. The Kier molecular flexibility index (Phi) is 3.32. The average Bonchev–Trinajstić information content (AvgIpc) is 3.43. The molecular weight excluding hydrogens is 346 g/mol. The molecule has 2 atom stereocenters. The second kappa shape index (κ2) is 5.22. The fourth-order valence-corrected chi connectivity index (χ4v) is 3.03. The Morgan fingerprint density at radius 3 is 2.82 bits per heavy atom. The summed E-state index contributed by atoms with van der Waals surface area (Å²) in [4.78, 5) is 8.66. The Labute approximate surface area is 137 Å². The molecule has 2 aromatic heterocycles. The van der Waals surface area contributed by atoms with E-state index in [2.05, 4.69) is 49.0 Å². The van der Waals surface area contributed by atoms with Gasteiger partial charge in [0.2, 0.25) is 11.8 Å². The first-order valence-corrected chi connectivity index (χ1v) is 8.37. The minimum Gasteiger partial charge on any atom is -0.480 e. The second-order valence-corrected chi connectivity index (χ2v) is 6.99. The summed E-state index contributed by atoms with van der Waals surface area (Å²) >= 11 is 3.37. The van der Waals surface area contributed by atoms with E-state index in [1.165, 1.54) is 19.3 Å². The van der Waals surface area contributed by atoms with E-state index in [9.17, 15) is 0 Å². The van der Waals surface area contributed by atoms with E-state index < -0.39 is 0 Å². The number of rotatable bonds is 5. The molecule has 1 unspecified atom stereocenters. The number of hydrogen-bond acceptors (Lipinski definition) is 5. The summed E-state index contributed by atoms with van der Waals surface area (Å²) in [6.45, 7) is 2.26. The highest BCUT2D eigenvalue weighted by Crippen LogP contribution is 2.47. The van der Waals surface area contributed by atoms with Crippen LogP contribution in [0.4, 0.5) is 11.6 Å². The first kappa shape index (κ1) is 14.0. The number of ether oxygens (including phenoxy) is 1. The van der Waals surface area contributed by atoms with Crippen molar-refractivity contribution in [3.63, 3.8) is 0 Å². The molecule has 0 aromatic carbocycles. The minimum atomic E-state index is 0.522. The molecule has 7 heteroatoms. The third-order valence-electron chi connectivity index (χ3n) is 4.28. The van der Waals surface area contributed by atoms with Crippen LogP contribution in [0.1, 0.15) is 43.8 Å². The molecule has 2 fully saturated rings. The van der Waals surface area contributed by atoms with Crippen molar-refractivity contribution in [1.82, 2.24) is 19.7 Å². The molecule has 0 bridgehead atoms. The zero-order valence-corrected chi connectivity index (χ0v) is 14.2. The predicted molar refractivity (Wildman–Crippen MR) is 86.6 cm³/mol. The van der Waals surface area contributed by atoms with Crippen molar-refractivity contribution in [3.05, 3.63) is 22.6 Å². The van der Waals surface area contributed by atoms with E-state index in [0.717, 1.165) is 21.8 Å². The fourth-order valence-electron chi connectivity index (χ4n) is 2.68. The van der Waals surface area contributed by atoms with Crippen LogP contribution in [0.2, 0.25) is 0 Å². The van der Waals surface area contributed by atoms with Crippen molar-refractivity contribution in [3.8, 4) is 5.88 Å². The summed E-state index contributed by atoms with van der Waals surface area (Å²) in [5.41, 5.74) is 2.16. The van der Waals surface area contributed by atoms with Crippen molar-refractivity contribution < 1.29 is 4.74 Å². The van der Waals surface area contributed by atoms with Gasteiger partial charge in [-0.05, 0) is 41.1 Å². The number of anilines is 2. The number of aromatic nitrogens is 4. The summed E-state index contributed by atoms with van der Waals surface area (Å²) in [6, 6.07) is 0.549. The van der Waals surface area contributed by atoms with Crippen molar-refractivity contribution >= 4 is 27.6 Å². The Morgan fingerprint density at radius 1 is 1.41 bits per heavy atom. The summed E-state index contributed by atoms with van der Waals surface area (Å²) in [5, 5.41) is 8.11. The molecule has 2 aliphatic rings. The van der Waals surface area contributed by atoms with E-state index in [-0.39, 0.29) is 0 Å². The SMILES string of the molecule is COc1nc(Nc2cn(C3C[C@H]3C)nc2C2CC2)ncc1Br. The topological polar surface area (TPSA) is 64.9 Å². The first-order chi connectivity index (χ1) is 10.7. The molecule has 0 aliphatic heterocycles. The highest BCUT2D eigenvalue weighted by Gasteiger charge is 2.37. The highest BCUT2D eigenvalue weighted by molar-refractivity contribution is 9.10. The van der Waals surface area contributed by atoms with Gasteiger partial charge in [0.25, 0.3) is 0 Å². The molecule has 0 spiro atoms. The summed E-state index contributed by atoms with van der Waals surface area (Å²) in [7, 11) is 1.60. The smallest absolute Gasteiger partial charge is 0.232 e. The summed E-state index contributed by atoms with van der Waals surface area (Å²) in [5.74, 6) is 2.36. The zero-order chi connectivity index (χ0) is 15.3. The van der Waals surface area contributed by atoms with Crippen LogP contribution in [0.5, 0.6) is 5.88 Å². The van der Waals surface area contributed by atoms with E-state index >= 15 is 0 Å². The molecule has 4 rings (SSSR count). The third kappa shape index (κ3) is 2.58. The lowest BCUT2D eigenvalue weighted by molar-refractivity contribution is 0.394. The Hall–Kier alpha value is -1.63. The van der Waals surface area contributed by atoms with Gasteiger partial charge < -0.3 is 10.1 Å². The lowest BCUT2D eigenvalue weighted by Crippen LogP contribution is -2.00. The number of nitrogens with one attached hydrogen (secondary N) is 1. The molecule has 116 valence electrons. The number of hydrogen-bond donors (Lipinski definition) is 1. The average molecular weight is 364 g/mol. The standard InChI is InChI=1S/C15H18BrN5O/c1-8-5-12(8)21-7-11(13(20-21)9-3-4-9)18-15-17-6-10(16)14(19-15)22-2/h6-9,12H,3-5H2,1-2H3,(H,17,18,19)/t8-,12?/m1/s1. The Morgan fingerprint density at radius 2 is 2.18 bits per heavy atom. The second-order valence-electron chi connectivity index (χ2n) is 6.14. The van der Waals surface area contributed by atoms with Gasteiger partial charge in [-0.25, -0.2) is 4.98 Å². The van der Waals surface area contributed by atoms with Crippen molar-refractivity contribution in [1.29, 1.82) is 0 Å². The summed E-state index contributed by atoms with van der Waals surface area (Å²) < 4.78 is 8.07. The van der Waals surface area contributed by atoms with E-state index in [4.69, 9.17) is 9.84 Å². The Balaban J connectivity index is 1.63. The van der Waals surface area contributed by atoms with Crippen LogP contribution in [0.3, 0.4) is 0 Å². The Bertz CT molecular complexity index is 712. The molecule has 2 heterocycles. The van der Waals surface area contributed by atoms with Gasteiger partial charge in [-0.2, -0.15) is 10.1 Å². The molecule has 2 saturated carbocycles. The molecule has 2 aromatic rings. The molecule has 0 radical (unpaired) electrons. The van der Waals surface area contributed by atoms with E-state index in [0.29, 0.717) is 23.8 Å². The molecule has 6 nitrogen and oxygen atoms in total. The van der Waals surface area contributed by atoms with Gasteiger partial charge in [-0.3, -0.25) is 4.68 Å². The maximum atomic E-state index is 5.22. The van der Waals surface area contributed by atoms with Gasteiger partial charge in [-0.1, -0.05) is 6.92 Å². The maximum absolute atomic E-state index is 5.22. The fraction of sp³-hybridized carbons (Fsp3) is 0.533. The normalized spacial score (nSPS) is 23.4. The van der Waals surface area contributed by atoms with Gasteiger partial charge >= 0.3 is 0 Å². The van der Waals surface area contributed by atoms with Crippen molar-refractivity contribution in [2.75, 3.05) is 12.4 Å². The monoisotopic (exact) mass is 363 g/mol. The van der Waals surface area contributed by atoms with Crippen LogP contribution in [0, 0.1) is 5.92 Å². The highest BCUT2D eigenvalue weighted by atomic mass is 79.9. The van der Waals surface area contributed by atoms with Crippen LogP contribution in [0.25, 0.3) is 0 Å². The molecule has 0 amide bonds. The minimum absolute atomic E-state index is 0.522. The number of nitrogens with zero attached hydrogens (tertiary/aromatic N) is 4. The van der Waals surface area contributed by atoms with Gasteiger partial charge in [0.05, 0.1) is 35.2 Å². The molecule has 22 heavy (non-hydrogen) atoms.